The molecule has 0 saturated carbocycles. The van der Waals surface area contributed by atoms with Gasteiger partial charge in [-0.25, -0.2) is 9.78 Å². The molecule has 0 atom stereocenters. The highest BCUT2D eigenvalue weighted by Gasteiger charge is 2.11. The number of esters is 1. The minimum Gasteiger partial charge on any atom is -0.462 e. The number of carbonyl (C=O) groups is 1. The van der Waals surface area contributed by atoms with Crippen molar-refractivity contribution < 1.29 is 9.53 Å². The van der Waals surface area contributed by atoms with Crippen molar-refractivity contribution in [1.29, 1.82) is 0 Å². The Kier molecular flexibility index (Phi) is 6.22. The number of rotatable bonds is 7. The van der Waals surface area contributed by atoms with Gasteiger partial charge in [0.25, 0.3) is 0 Å². The van der Waals surface area contributed by atoms with Crippen molar-refractivity contribution in [2.45, 2.75) is 20.8 Å². The first-order valence-corrected chi connectivity index (χ1v) is 9.32. The zero-order valence-electron chi connectivity index (χ0n) is 16.3. The van der Waals surface area contributed by atoms with Gasteiger partial charge >= 0.3 is 5.97 Å². The van der Waals surface area contributed by atoms with E-state index in [9.17, 15) is 4.79 Å². The molecule has 0 saturated heterocycles. The van der Waals surface area contributed by atoms with Gasteiger partial charge in [-0.05, 0) is 68.8 Å². The third kappa shape index (κ3) is 4.65. The van der Waals surface area contributed by atoms with Crippen LogP contribution in [0.15, 0.2) is 60.8 Å². The summed E-state index contributed by atoms with van der Waals surface area (Å²) >= 11 is 0. The molecule has 1 aromatic heterocycles. The molecule has 0 spiro atoms. The number of carbonyl (C=O) groups excluding carboxylic acids is 1. The Labute approximate surface area is 165 Å². The summed E-state index contributed by atoms with van der Waals surface area (Å²) in [6.45, 7) is 7.03. The molecule has 0 aliphatic carbocycles. The summed E-state index contributed by atoms with van der Waals surface area (Å²) in [7, 11) is 0. The van der Waals surface area contributed by atoms with Gasteiger partial charge in [0.2, 0.25) is 5.95 Å². The summed E-state index contributed by atoms with van der Waals surface area (Å²) < 4.78 is 5.01. The molecule has 6 heteroatoms. The SMILES string of the molecule is CCOC(=O)c1ccc(Nc2ccnc(N(CC)c3cccc(C)c3)n2)cc1. The molecular formula is C22H24N4O2. The normalized spacial score (nSPS) is 10.4. The number of benzene rings is 2. The predicted molar refractivity (Wildman–Crippen MR) is 112 cm³/mol. The molecule has 0 bridgehead atoms. The van der Waals surface area contributed by atoms with Crippen molar-refractivity contribution >= 4 is 29.1 Å². The first-order chi connectivity index (χ1) is 13.6. The zero-order valence-corrected chi connectivity index (χ0v) is 16.3. The van der Waals surface area contributed by atoms with Crippen LogP contribution in [0.5, 0.6) is 0 Å². The number of hydrogen-bond acceptors (Lipinski definition) is 6. The molecule has 3 aromatic rings. The number of hydrogen-bond donors (Lipinski definition) is 1. The number of aryl methyl sites for hydroxylation is 1. The first-order valence-electron chi connectivity index (χ1n) is 9.32. The van der Waals surface area contributed by atoms with Crippen LogP contribution in [0, 0.1) is 6.92 Å². The molecule has 3 rings (SSSR count). The maximum absolute atomic E-state index is 11.8. The van der Waals surface area contributed by atoms with Gasteiger partial charge in [0.15, 0.2) is 0 Å². The lowest BCUT2D eigenvalue weighted by Crippen LogP contribution is -2.19. The molecule has 0 radical (unpaired) electrons. The lowest BCUT2D eigenvalue weighted by Gasteiger charge is -2.21. The molecule has 0 fully saturated rings. The number of ether oxygens (including phenoxy) is 1. The van der Waals surface area contributed by atoms with Gasteiger partial charge in [0.1, 0.15) is 5.82 Å². The highest BCUT2D eigenvalue weighted by molar-refractivity contribution is 5.89. The molecule has 0 aliphatic rings. The van der Waals surface area contributed by atoms with E-state index in [-0.39, 0.29) is 5.97 Å². The highest BCUT2D eigenvalue weighted by atomic mass is 16.5. The van der Waals surface area contributed by atoms with Crippen LogP contribution in [0.4, 0.5) is 23.1 Å². The molecule has 0 unspecified atom stereocenters. The standard InChI is InChI=1S/C22H24N4O2/c1-4-26(19-8-6-7-16(3)15-19)22-23-14-13-20(25-22)24-18-11-9-17(10-12-18)21(27)28-5-2/h6-15H,4-5H2,1-3H3,(H,23,24,25). The Morgan fingerprint density at radius 1 is 1.11 bits per heavy atom. The van der Waals surface area contributed by atoms with E-state index < -0.39 is 0 Å². The fraction of sp³-hybridized carbons (Fsp3) is 0.227. The molecular weight excluding hydrogens is 352 g/mol. The van der Waals surface area contributed by atoms with Crippen molar-refractivity contribution in [1.82, 2.24) is 9.97 Å². The monoisotopic (exact) mass is 376 g/mol. The maximum atomic E-state index is 11.8. The summed E-state index contributed by atoms with van der Waals surface area (Å²) in [5.41, 5.74) is 3.59. The quantitative estimate of drug-likeness (QED) is 0.594. The number of aromatic nitrogens is 2. The average molecular weight is 376 g/mol. The maximum Gasteiger partial charge on any atom is 0.338 e. The molecule has 2 aromatic carbocycles. The lowest BCUT2D eigenvalue weighted by molar-refractivity contribution is 0.0526. The van der Waals surface area contributed by atoms with Crippen LogP contribution in [-0.2, 0) is 4.74 Å². The van der Waals surface area contributed by atoms with Crippen LogP contribution in [0.1, 0.15) is 29.8 Å². The Hall–Kier alpha value is -3.41. The van der Waals surface area contributed by atoms with Crippen molar-refractivity contribution in [3.63, 3.8) is 0 Å². The molecule has 144 valence electrons. The van der Waals surface area contributed by atoms with Gasteiger partial charge in [-0.3, -0.25) is 0 Å². The van der Waals surface area contributed by atoms with Gasteiger partial charge < -0.3 is 15.0 Å². The summed E-state index contributed by atoms with van der Waals surface area (Å²) in [5.74, 6) is 0.983. The summed E-state index contributed by atoms with van der Waals surface area (Å²) in [4.78, 5) is 22.9. The van der Waals surface area contributed by atoms with Gasteiger partial charge in [-0.2, -0.15) is 4.98 Å². The predicted octanol–water partition coefficient (Wildman–Crippen LogP) is 4.86. The van der Waals surface area contributed by atoms with Crippen molar-refractivity contribution in [2.24, 2.45) is 0 Å². The van der Waals surface area contributed by atoms with E-state index in [1.807, 2.05) is 30.3 Å². The number of nitrogens with one attached hydrogen (secondary N) is 1. The fourth-order valence-corrected chi connectivity index (χ4v) is 2.84. The fourth-order valence-electron chi connectivity index (χ4n) is 2.84. The van der Waals surface area contributed by atoms with Crippen molar-refractivity contribution in [2.75, 3.05) is 23.4 Å². The minimum atomic E-state index is -0.324. The van der Waals surface area contributed by atoms with Crippen molar-refractivity contribution in [3.8, 4) is 0 Å². The zero-order chi connectivity index (χ0) is 19.9. The van der Waals surface area contributed by atoms with Gasteiger partial charge in [0, 0.05) is 24.1 Å². The second kappa shape index (κ2) is 8.99. The van der Waals surface area contributed by atoms with Crippen LogP contribution < -0.4 is 10.2 Å². The number of anilines is 4. The summed E-state index contributed by atoms with van der Waals surface area (Å²) in [5, 5.41) is 3.25. The second-order valence-electron chi connectivity index (χ2n) is 6.25. The third-order valence-electron chi connectivity index (χ3n) is 4.18. The van der Waals surface area contributed by atoms with Crippen LogP contribution in [0.3, 0.4) is 0 Å². The van der Waals surface area contributed by atoms with Crippen LogP contribution in [0.25, 0.3) is 0 Å². The second-order valence-corrected chi connectivity index (χ2v) is 6.25. The third-order valence-corrected chi connectivity index (χ3v) is 4.18. The largest absolute Gasteiger partial charge is 0.462 e. The molecule has 1 heterocycles. The Bertz CT molecular complexity index is 941. The summed E-state index contributed by atoms with van der Waals surface area (Å²) in [6, 6.07) is 17.2. The topological polar surface area (TPSA) is 67.3 Å². The van der Waals surface area contributed by atoms with E-state index >= 15 is 0 Å². The minimum absolute atomic E-state index is 0.324. The molecule has 28 heavy (non-hydrogen) atoms. The number of nitrogens with zero attached hydrogens (tertiary/aromatic N) is 3. The van der Waals surface area contributed by atoms with E-state index in [1.165, 1.54) is 5.56 Å². The summed E-state index contributed by atoms with van der Waals surface area (Å²) in [6.07, 6.45) is 1.73. The first kappa shape index (κ1) is 19.4. The van der Waals surface area contributed by atoms with Gasteiger partial charge in [0.05, 0.1) is 12.2 Å². The van der Waals surface area contributed by atoms with Gasteiger partial charge in [-0.1, -0.05) is 12.1 Å². The molecule has 6 nitrogen and oxygen atoms in total. The van der Waals surface area contributed by atoms with Crippen molar-refractivity contribution in [3.05, 3.63) is 71.9 Å². The highest BCUT2D eigenvalue weighted by Crippen LogP contribution is 2.24. The van der Waals surface area contributed by atoms with E-state index in [0.29, 0.717) is 23.9 Å². The lowest BCUT2D eigenvalue weighted by atomic mass is 10.2. The molecule has 0 amide bonds. The Morgan fingerprint density at radius 2 is 1.89 bits per heavy atom. The molecule has 0 aliphatic heterocycles. The molecule has 1 N–H and O–H groups in total. The Morgan fingerprint density at radius 3 is 2.57 bits per heavy atom. The Balaban J connectivity index is 1.78. The van der Waals surface area contributed by atoms with Crippen LogP contribution in [-0.4, -0.2) is 29.1 Å². The van der Waals surface area contributed by atoms with E-state index in [1.54, 1.807) is 25.3 Å². The van der Waals surface area contributed by atoms with E-state index in [2.05, 4.69) is 46.2 Å². The van der Waals surface area contributed by atoms with Crippen LogP contribution in [0.2, 0.25) is 0 Å². The average Bonchev–Trinajstić information content (AvgIpc) is 2.70. The van der Waals surface area contributed by atoms with Gasteiger partial charge in [-0.15, -0.1) is 0 Å². The smallest absolute Gasteiger partial charge is 0.338 e. The van der Waals surface area contributed by atoms with E-state index in [4.69, 9.17) is 4.74 Å². The van der Waals surface area contributed by atoms with Crippen LogP contribution >= 0.6 is 0 Å². The van der Waals surface area contributed by atoms with E-state index in [0.717, 1.165) is 17.9 Å².